The first-order chi connectivity index (χ1) is 13.0. The third kappa shape index (κ3) is 3.75. The van der Waals surface area contributed by atoms with Crippen LogP contribution in [0, 0.1) is 0 Å². The highest BCUT2D eigenvalue weighted by Crippen LogP contribution is 2.47. The van der Waals surface area contributed by atoms with Gasteiger partial charge in [0.25, 0.3) is 0 Å². The van der Waals surface area contributed by atoms with Gasteiger partial charge in [-0.2, -0.15) is 8.78 Å². The molecule has 1 fully saturated rings. The highest BCUT2D eigenvalue weighted by atomic mass is 79.9. The van der Waals surface area contributed by atoms with Gasteiger partial charge in [-0.3, -0.25) is 0 Å². The molecule has 0 amide bonds. The molecule has 2 aromatic rings. The van der Waals surface area contributed by atoms with Gasteiger partial charge in [0.15, 0.2) is 0 Å². The summed E-state index contributed by atoms with van der Waals surface area (Å²) in [6.07, 6.45) is 1.59. The summed E-state index contributed by atoms with van der Waals surface area (Å²) in [4.78, 5) is 2.20. The topological polar surface area (TPSA) is 41.9 Å². The van der Waals surface area contributed by atoms with Gasteiger partial charge in [-0.1, -0.05) is 12.1 Å². The molecule has 1 N–H and O–H groups in total. The van der Waals surface area contributed by atoms with Crippen LogP contribution >= 0.6 is 15.9 Å². The molecule has 144 valence electrons. The highest BCUT2D eigenvalue weighted by molar-refractivity contribution is 9.10. The molecular weight excluding hydrogens is 420 g/mol. The fourth-order valence-corrected chi connectivity index (χ4v) is 4.40. The summed E-state index contributed by atoms with van der Waals surface area (Å²) in [7, 11) is 0. The van der Waals surface area contributed by atoms with Crippen LogP contribution < -0.4 is 14.4 Å². The van der Waals surface area contributed by atoms with E-state index in [4.69, 9.17) is 4.74 Å². The number of ether oxygens (including phenoxy) is 2. The molecule has 2 heterocycles. The van der Waals surface area contributed by atoms with Crippen LogP contribution in [0.4, 0.5) is 14.5 Å². The molecule has 1 atom stereocenters. The molecule has 2 aliphatic heterocycles. The van der Waals surface area contributed by atoms with E-state index in [0.29, 0.717) is 6.42 Å². The lowest BCUT2D eigenvalue weighted by Gasteiger charge is -2.46. The lowest BCUT2D eigenvalue weighted by atomic mass is 9.81. The van der Waals surface area contributed by atoms with Gasteiger partial charge in [0, 0.05) is 43.6 Å². The number of para-hydroxylation sites is 1. The molecule has 2 aliphatic rings. The van der Waals surface area contributed by atoms with E-state index in [9.17, 15) is 13.9 Å². The van der Waals surface area contributed by atoms with Crippen molar-refractivity contribution in [3.63, 3.8) is 0 Å². The zero-order valence-corrected chi connectivity index (χ0v) is 16.2. The Balaban J connectivity index is 1.45. The van der Waals surface area contributed by atoms with Crippen molar-refractivity contribution in [3.8, 4) is 11.5 Å². The molecule has 0 radical (unpaired) electrons. The van der Waals surface area contributed by atoms with Crippen molar-refractivity contribution in [3.05, 3.63) is 52.5 Å². The number of piperidine rings is 1. The van der Waals surface area contributed by atoms with E-state index in [1.165, 1.54) is 0 Å². The molecule has 2 aromatic carbocycles. The number of aliphatic hydroxyl groups excluding tert-OH is 1. The Kier molecular flexibility index (Phi) is 4.99. The van der Waals surface area contributed by atoms with Crippen molar-refractivity contribution < 1.29 is 23.4 Å². The number of rotatable bonds is 3. The van der Waals surface area contributed by atoms with Crippen LogP contribution in [-0.4, -0.2) is 30.4 Å². The van der Waals surface area contributed by atoms with Crippen LogP contribution in [0.5, 0.6) is 11.5 Å². The minimum Gasteiger partial charge on any atom is -0.485 e. The number of hydrogen-bond donors (Lipinski definition) is 1. The van der Waals surface area contributed by atoms with E-state index in [2.05, 4.69) is 25.6 Å². The maximum absolute atomic E-state index is 12.3. The maximum atomic E-state index is 12.3. The van der Waals surface area contributed by atoms with E-state index in [0.717, 1.165) is 47.4 Å². The Morgan fingerprint density at radius 2 is 1.85 bits per heavy atom. The summed E-state index contributed by atoms with van der Waals surface area (Å²) < 4.78 is 36.2. The quantitative estimate of drug-likeness (QED) is 0.737. The van der Waals surface area contributed by atoms with Gasteiger partial charge in [0.1, 0.15) is 17.1 Å². The smallest absolute Gasteiger partial charge is 0.387 e. The summed E-state index contributed by atoms with van der Waals surface area (Å²) in [6, 6.07) is 12.4. The van der Waals surface area contributed by atoms with Gasteiger partial charge in [0.2, 0.25) is 0 Å². The lowest BCUT2D eigenvalue weighted by molar-refractivity contribution is -0.0498. The van der Waals surface area contributed by atoms with Gasteiger partial charge < -0.3 is 19.5 Å². The SMILES string of the molecule is OC1CC2(CCN(c3ccc(OC(F)F)cc3)CC2)Oc2c(Br)cccc21. The molecule has 4 nitrogen and oxygen atoms in total. The predicted molar refractivity (Wildman–Crippen MR) is 102 cm³/mol. The zero-order chi connectivity index (χ0) is 19.0. The van der Waals surface area contributed by atoms with Gasteiger partial charge in [-0.05, 0) is 46.3 Å². The third-order valence-electron chi connectivity index (χ3n) is 5.34. The minimum absolute atomic E-state index is 0.155. The Morgan fingerprint density at radius 1 is 1.15 bits per heavy atom. The Bertz CT molecular complexity index is 807. The predicted octanol–water partition coefficient (Wildman–Crippen LogP) is 4.91. The average Bonchev–Trinajstić information content (AvgIpc) is 2.64. The van der Waals surface area contributed by atoms with Gasteiger partial charge in [-0.15, -0.1) is 0 Å². The molecule has 0 aliphatic carbocycles. The van der Waals surface area contributed by atoms with Crippen molar-refractivity contribution in [2.24, 2.45) is 0 Å². The van der Waals surface area contributed by atoms with Crippen molar-refractivity contribution in [1.29, 1.82) is 0 Å². The molecule has 27 heavy (non-hydrogen) atoms. The van der Waals surface area contributed by atoms with E-state index < -0.39 is 12.7 Å². The van der Waals surface area contributed by atoms with E-state index >= 15 is 0 Å². The second-order valence-electron chi connectivity index (χ2n) is 7.02. The fourth-order valence-electron chi connectivity index (χ4n) is 3.93. The number of aliphatic hydroxyl groups is 1. The summed E-state index contributed by atoms with van der Waals surface area (Å²) in [5.41, 5.74) is 1.40. The Morgan fingerprint density at radius 3 is 2.52 bits per heavy atom. The van der Waals surface area contributed by atoms with Gasteiger partial charge in [0.05, 0.1) is 10.6 Å². The van der Waals surface area contributed by atoms with Crippen molar-refractivity contribution >= 4 is 21.6 Å². The Labute approximate surface area is 164 Å². The molecule has 4 rings (SSSR count). The summed E-state index contributed by atoms with van der Waals surface area (Å²) in [6.45, 7) is -1.29. The number of nitrogens with zero attached hydrogens (tertiary/aromatic N) is 1. The second-order valence-corrected chi connectivity index (χ2v) is 7.88. The molecule has 7 heteroatoms. The maximum Gasteiger partial charge on any atom is 0.387 e. The van der Waals surface area contributed by atoms with Crippen LogP contribution in [0.15, 0.2) is 46.9 Å². The molecule has 1 unspecified atom stereocenters. The molecule has 0 saturated carbocycles. The second kappa shape index (κ2) is 7.28. The summed E-state index contributed by atoms with van der Waals surface area (Å²) in [5.74, 6) is 0.889. The standard InChI is InChI=1S/C20H20BrF2NO3/c21-16-3-1-2-15-17(25)12-20(27-18(15)16)8-10-24(11-9-20)13-4-6-14(7-5-13)26-19(22)23/h1-7,17,19,25H,8-12H2. The van der Waals surface area contributed by atoms with Crippen molar-refractivity contribution in [2.75, 3.05) is 18.0 Å². The number of halogens is 3. The number of anilines is 1. The van der Waals surface area contributed by atoms with E-state index in [-0.39, 0.29) is 11.4 Å². The van der Waals surface area contributed by atoms with E-state index in [1.807, 2.05) is 18.2 Å². The van der Waals surface area contributed by atoms with Crippen LogP contribution in [0.2, 0.25) is 0 Å². The number of alkyl halides is 2. The van der Waals surface area contributed by atoms with Gasteiger partial charge in [-0.25, -0.2) is 0 Å². The molecule has 0 bridgehead atoms. The molecule has 1 saturated heterocycles. The number of benzene rings is 2. The first-order valence-electron chi connectivity index (χ1n) is 8.91. The van der Waals surface area contributed by atoms with Crippen molar-refractivity contribution in [1.82, 2.24) is 0 Å². The first kappa shape index (κ1) is 18.5. The lowest BCUT2D eigenvalue weighted by Crippen LogP contribution is -2.50. The highest BCUT2D eigenvalue weighted by Gasteiger charge is 2.43. The zero-order valence-electron chi connectivity index (χ0n) is 14.6. The van der Waals surface area contributed by atoms with Crippen LogP contribution in [-0.2, 0) is 0 Å². The van der Waals surface area contributed by atoms with Crippen LogP contribution in [0.25, 0.3) is 0 Å². The van der Waals surface area contributed by atoms with Crippen LogP contribution in [0.3, 0.4) is 0 Å². The summed E-state index contributed by atoms with van der Waals surface area (Å²) >= 11 is 3.52. The average molecular weight is 440 g/mol. The largest absolute Gasteiger partial charge is 0.485 e. The van der Waals surface area contributed by atoms with Crippen LogP contribution in [0.1, 0.15) is 30.9 Å². The first-order valence-corrected chi connectivity index (χ1v) is 9.70. The molecule has 1 spiro atoms. The normalized spacial score (nSPS) is 21.1. The van der Waals surface area contributed by atoms with Crippen molar-refractivity contribution in [2.45, 2.75) is 37.6 Å². The third-order valence-corrected chi connectivity index (χ3v) is 5.97. The Hall–Kier alpha value is -1.86. The number of fused-ring (bicyclic) bond motifs is 1. The molecular formula is C20H20BrF2NO3. The van der Waals surface area contributed by atoms with E-state index in [1.54, 1.807) is 24.3 Å². The fraction of sp³-hybridized carbons (Fsp3) is 0.400. The summed E-state index contributed by atoms with van der Waals surface area (Å²) in [5, 5.41) is 10.6. The number of hydrogen-bond acceptors (Lipinski definition) is 4. The monoisotopic (exact) mass is 439 g/mol. The minimum atomic E-state index is -2.82. The van der Waals surface area contributed by atoms with Gasteiger partial charge >= 0.3 is 6.61 Å². The molecule has 0 aromatic heterocycles.